The van der Waals surface area contributed by atoms with Crippen molar-refractivity contribution in [2.24, 2.45) is 0 Å². The van der Waals surface area contributed by atoms with Crippen LogP contribution >= 0.6 is 11.3 Å². The number of benzene rings is 2. The zero-order valence-corrected chi connectivity index (χ0v) is 15.9. The molecule has 0 radical (unpaired) electrons. The van der Waals surface area contributed by atoms with Crippen molar-refractivity contribution >= 4 is 56.6 Å². The van der Waals surface area contributed by atoms with Crippen LogP contribution in [0.15, 0.2) is 58.9 Å². The van der Waals surface area contributed by atoms with Gasteiger partial charge in [0.25, 0.3) is 15.9 Å². The van der Waals surface area contributed by atoms with Crippen LogP contribution in [-0.2, 0) is 14.8 Å². The number of fused-ring (bicyclic) bond motifs is 1. The van der Waals surface area contributed by atoms with E-state index in [0.29, 0.717) is 39.4 Å². The Morgan fingerprint density at radius 2 is 1.89 bits per heavy atom. The number of carbonyl (C=O) groups excluding carboxylic acids is 2. The van der Waals surface area contributed by atoms with E-state index in [-0.39, 0.29) is 10.8 Å². The minimum absolute atomic E-state index is 0.0206. The summed E-state index contributed by atoms with van der Waals surface area (Å²) >= 11 is 1.38. The molecular weight excluding hydrogens is 398 g/mol. The lowest BCUT2D eigenvalue weighted by Gasteiger charge is -2.09. The van der Waals surface area contributed by atoms with Gasteiger partial charge in [-0.2, -0.15) is 0 Å². The van der Waals surface area contributed by atoms with Gasteiger partial charge in [-0.25, -0.2) is 13.4 Å². The number of sulfonamides is 1. The number of hydrogen-bond donors (Lipinski definition) is 2. The lowest BCUT2D eigenvalue weighted by Crippen LogP contribution is -2.13. The van der Waals surface area contributed by atoms with Crippen LogP contribution in [0.5, 0.6) is 0 Å². The monoisotopic (exact) mass is 411 g/mol. The molecule has 0 bridgehead atoms. The van der Waals surface area contributed by atoms with Gasteiger partial charge in [0, 0.05) is 34.1 Å². The standard InChI is InChI=1S/C19H13N3O4S2/c23-11-12-1-3-13(4-2-12)22-28(25,26)14-5-6-17-15(9-14)16(19(24)21-17)10-18-20-7-8-27-18/h1-11,22H,(H,21,24)/b16-10+. The van der Waals surface area contributed by atoms with Crippen molar-refractivity contribution < 1.29 is 18.0 Å². The molecule has 0 fully saturated rings. The molecule has 7 nitrogen and oxygen atoms in total. The van der Waals surface area contributed by atoms with Gasteiger partial charge < -0.3 is 5.32 Å². The number of aromatic nitrogens is 1. The largest absolute Gasteiger partial charge is 0.321 e. The van der Waals surface area contributed by atoms with Gasteiger partial charge in [-0.05, 0) is 48.5 Å². The van der Waals surface area contributed by atoms with E-state index in [1.807, 2.05) is 0 Å². The van der Waals surface area contributed by atoms with E-state index in [2.05, 4.69) is 15.0 Å². The van der Waals surface area contributed by atoms with E-state index in [1.165, 1.54) is 47.7 Å². The summed E-state index contributed by atoms with van der Waals surface area (Å²) in [6.07, 6.45) is 3.94. The summed E-state index contributed by atoms with van der Waals surface area (Å²) in [5, 5.41) is 5.17. The molecule has 1 amide bonds. The molecule has 0 aliphatic carbocycles. The van der Waals surface area contributed by atoms with Crippen molar-refractivity contribution in [3.8, 4) is 0 Å². The number of hydrogen-bond acceptors (Lipinski definition) is 6. The average Bonchev–Trinajstić information content (AvgIpc) is 3.30. The summed E-state index contributed by atoms with van der Waals surface area (Å²) in [6.45, 7) is 0. The first kappa shape index (κ1) is 18.1. The Labute approximate surface area is 164 Å². The SMILES string of the molecule is O=Cc1ccc(NS(=O)(=O)c2ccc3c(c2)/C(=C\c2nccs2)C(=O)N3)cc1. The fourth-order valence-electron chi connectivity index (χ4n) is 2.75. The fourth-order valence-corrected chi connectivity index (χ4v) is 4.40. The summed E-state index contributed by atoms with van der Waals surface area (Å²) in [5.74, 6) is -0.308. The predicted molar refractivity (Wildman–Crippen MR) is 108 cm³/mol. The lowest BCUT2D eigenvalue weighted by molar-refractivity contribution is -0.110. The molecule has 9 heteroatoms. The first-order chi connectivity index (χ1) is 13.5. The molecule has 1 aliphatic rings. The Bertz CT molecular complexity index is 1200. The second-order valence-corrected chi connectivity index (χ2v) is 8.54. The van der Waals surface area contributed by atoms with Gasteiger partial charge >= 0.3 is 0 Å². The van der Waals surface area contributed by atoms with Gasteiger partial charge in [-0.1, -0.05) is 0 Å². The minimum Gasteiger partial charge on any atom is -0.321 e. The molecule has 3 aromatic rings. The number of aldehydes is 1. The highest BCUT2D eigenvalue weighted by atomic mass is 32.2. The molecule has 2 aromatic carbocycles. The van der Waals surface area contributed by atoms with Crippen LogP contribution in [0.25, 0.3) is 11.6 Å². The van der Waals surface area contributed by atoms with Crippen LogP contribution in [0.4, 0.5) is 11.4 Å². The third-order valence-corrected chi connectivity index (χ3v) is 6.20. The predicted octanol–water partition coefficient (Wildman–Crippen LogP) is 3.25. The molecule has 1 aromatic heterocycles. The molecule has 0 spiro atoms. The van der Waals surface area contributed by atoms with Gasteiger partial charge in [0.1, 0.15) is 11.3 Å². The number of nitrogens with zero attached hydrogens (tertiary/aromatic N) is 1. The van der Waals surface area contributed by atoms with Gasteiger partial charge in [0.2, 0.25) is 0 Å². The molecule has 4 rings (SSSR count). The van der Waals surface area contributed by atoms with Crippen LogP contribution in [0.2, 0.25) is 0 Å². The van der Waals surface area contributed by atoms with E-state index in [1.54, 1.807) is 23.7 Å². The summed E-state index contributed by atoms with van der Waals surface area (Å²) in [7, 11) is -3.88. The summed E-state index contributed by atoms with van der Waals surface area (Å²) in [6, 6.07) is 10.5. The van der Waals surface area contributed by atoms with Crippen LogP contribution in [0.1, 0.15) is 20.9 Å². The number of amides is 1. The van der Waals surface area contributed by atoms with Gasteiger partial charge in [-0.3, -0.25) is 14.3 Å². The summed E-state index contributed by atoms with van der Waals surface area (Å²) in [4.78, 5) is 27.2. The maximum absolute atomic E-state index is 12.7. The molecule has 140 valence electrons. The van der Waals surface area contributed by atoms with E-state index in [4.69, 9.17) is 0 Å². The van der Waals surface area contributed by atoms with Crippen molar-refractivity contribution in [1.29, 1.82) is 0 Å². The van der Waals surface area contributed by atoms with Crippen molar-refractivity contribution in [3.63, 3.8) is 0 Å². The highest BCUT2D eigenvalue weighted by Crippen LogP contribution is 2.35. The number of anilines is 2. The summed E-state index contributed by atoms with van der Waals surface area (Å²) in [5.41, 5.74) is 2.18. The molecule has 1 aliphatic heterocycles. The first-order valence-corrected chi connectivity index (χ1v) is 10.5. The van der Waals surface area contributed by atoms with Crippen LogP contribution in [0.3, 0.4) is 0 Å². The third-order valence-electron chi connectivity index (χ3n) is 4.10. The zero-order chi connectivity index (χ0) is 19.7. The quantitative estimate of drug-likeness (QED) is 0.495. The molecular formula is C19H13N3O4S2. The van der Waals surface area contributed by atoms with E-state index in [0.717, 1.165) is 0 Å². The van der Waals surface area contributed by atoms with Gasteiger partial charge in [0.15, 0.2) is 0 Å². The Hall–Kier alpha value is -3.30. The second kappa shape index (κ2) is 7.02. The van der Waals surface area contributed by atoms with Crippen LogP contribution < -0.4 is 10.0 Å². The molecule has 2 N–H and O–H groups in total. The minimum atomic E-state index is -3.88. The molecule has 28 heavy (non-hydrogen) atoms. The number of nitrogens with one attached hydrogen (secondary N) is 2. The van der Waals surface area contributed by atoms with Crippen LogP contribution in [-0.4, -0.2) is 25.6 Å². The maximum atomic E-state index is 12.7. The van der Waals surface area contributed by atoms with Gasteiger partial charge in [0.05, 0.1) is 10.5 Å². The van der Waals surface area contributed by atoms with E-state index < -0.39 is 10.0 Å². The van der Waals surface area contributed by atoms with E-state index >= 15 is 0 Å². The highest BCUT2D eigenvalue weighted by molar-refractivity contribution is 7.92. The topological polar surface area (TPSA) is 105 Å². The highest BCUT2D eigenvalue weighted by Gasteiger charge is 2.27. The van der Waals surface area contributed by atoms with Crippen molar-refractivity contribution in [1.82, 2.24) is 4.98 Å². The van der Waals surface area contributed by atoms with Crippen molar-refractivity contribution in [2.75, 3.05) is 10.0 Å². The Morgan fingerprint density at radius 1 is 1.11 bits per heavy atom. The molecule has 0 saturated heterocycles. The zero-order valence-electron chi connectivity index (χ0n) is 14.2. The lowest BCUT2D eigenvalue weighted by atomic mass is 10.1. The molecule has 0 unspecified atom stereocenters. The van der Waals surface area contributed by atoms with Crippen molar-refractivity contribution in [3.05, 3.63) is 70.2 Å². The third kappa shape index (κ3) is 3.45. The Kier molecular flexibility index (Phi) is 4.54. The number of carbonyl (C=O) groups is 2. The number of rotatable bonds is 5. The van der Waals surface area contributed by atoms with Gasteiger partial charge in [-0.15, -0.1) is 11.3 Å². The number of thiazole rings is 1. The summed E-state index contributed by atoms with van der Waals surface area (Å²) < 4.78 is 28.0. The van der Waals surface area contributed by atoms with Crippen molar-refractivity contribution in [2.45, 2.75) is 4.90 Å². The Balaban J connectivity index is 1.69. The second-order valence-electron chi connectivity index (χ2n) is 5.94. The van der Waals surface area contributed by atoms with Crippen LogP contribution in [0, 0.1) is 0 Å². The molecule has 0 atom stereocenters. The molecule has 2 heterocycles. The fraction of sp³-hybridized carbons (Fsp3) is 0. The normalized spacial score (nSPS) is 14.6. The maximum Gasteiger partial charge on any atom is 0.261 e. The molecule has 0 saturated carbocycles. The van der Waals surface area contributed by atoms with E-state index in [9.17, 15) is 18.0 Å². The Morgan fingerprint density at radius 3 is 2.57 bits per heavy atom. The first-order valence-electron chi connectivity index (χ1n) is 8.11. The average molecular weight is 411 g/mol. The smallest absolute Gasteiger partial charge is 0.261 e.